The quantitative estimate of drug-likeness (QED) is 0.835. The maximum atomic E-state index is 12.7. The number of aliphatic carboxylic acids is 1. The van der Waals surface area contributed by atoms with Crippen molar-refractivity contribution in [1.82, 2.24) is 14.6 Å². The average molecular weight is 311 g/mol. The van der Waals surface area contributed by atoms with Crippen LogP contribution in [0, 0.1) is 5.92 Å². The Balaban J connectivity index is 2.03. The molecule has 1 aromatic carbocycles. The van der Waals surface area contributed by atoms with Crippen LogP contribution in [0.4, 0.5) is 0 Å². The summed E-state index contributed by atoms with van der Waals surface area (Å²) < 4.78 is 30.9. The number of rotatable bonds is 6. The molecule has 1 N–H and O–H groups in total. The van der Waals surface area contributed by atoms with Crippen molar-refractivity contribution in [1.29, 1.82) is 0 Å². The highest BCUT2D eigenvalue weighted by Gasteiger charge is 2.34. The Morgan fingerprint density at radius 3 is 2.81 bits per heavy atom. The molecule has 1 aliphatic carbocycles. The van der Waals surface area contributed by atoms with Crippen LogP contribution in [-0.2, 0) is 14.8 Å². The van der Waals surface area contributed by atoms with E-state index >= 15 is 0 Å². The van der Waals surface area contributed by atoms with Crippen molar-refractivity contribution in [3.8, 4) is 0 Å². The van der Waals surface area contributed by atoms with Crippen LogP contribution in [0.2, 0.25) is 0 Å². The van der Waals surface area contributed by atoms with Crippen LogP contribution in [0.25, 0.3) is 11.0 Å². The van der Waals surface area contributed by atoms with E-state index in [0.717, 1.165) is 17.1 Å². The molecule has 9 heteroatoms. The number of fused-ring (bicyclic) bond motifs is 1. The number of carboxylic acids is 1. The van der Waals surface area contributed by atoms with Gasteiger partial charge in [-0.3, -0.25) is 4.79 Å². The minimum absolute atomic E-state index is 0.0804. The molecular formula is C12H13N3O5S. The number of hydrogen-bond acceptors (Lipinski definition) is 6. The molecule has 1 aromatic heterocycles. The van der Waals surface area contributed by atoms with E-state index in [1.807, 2.05) is 0 Å². The first kappa shape index (κ1) is 14.0. The van der Waals surface area contributed by atoms with E-state index in [0.29, 0.717) is 5.52 Å². The topological polar surface area (TPSA) is 114 Å². The third-order valence-electron chi connectivity index (χ3n) is 3.34. The lowest BCUT2D eigenvalue weighted by Gasteiger charge is -2.20. The molecule has 1 heterocycles. The maximum absolute atomic E-state index is 12.7. The number of benzene rings is 1. The van der Waals surface area contributed by atoms with Gasteiger partial charge in [-0.15, -0.1) is 0 Å². The van der Waals surface area contributed by atoms with Gasteiger partial charge in [0.15, 0.2) is 5.52 Å². The van der Waals surface area contributed by atoms with Crippen LogP contribution < -0.4 is 0 Å². The lowest BCUT2D eigenvalue weighted by atomic mass is 10.3. The summed E-state index contributed by atoms with van der Waals surface area (Å²) in [6.45, 7) is -0.364. The normalized spacial score (nSPS) is 15.7. The molecule has 0 aliphatic heterocycles. The lowest BCUT2D eigenvalue weighted by Crippen LogP contribution is -2.37. The largest absolute Gasteiger partial charge is 0.480 e. The second kappa shape index (κ2) is 5.08. The van der Waals surface area contributed by atoms with E-state index in [4.69, 9.17) is 5.11 Å². The van der Waals surface area contributed by atoms with Crippen molar-refractivity contribution in [2.75, 3.05) is 13.1 Å². The highest BCUT2D eigenvalue weighted by atomic mass is 32.2. The van der Waals surface area contributed by atoms with E-state index in [1.54, 1.807) is 6.07 Å². The van der Waals surface area contributed by atoms with E-state index in [9.17, 15) is 13.2 Å². The first-order valence-electron chi connectivity index (χ1n) is 6.41. The van der Waals surface area contributed by atoms with Gasteiger partial charge < -0.3 is 5.11 Å². The van der Waals surface area contributed by atoms with Gasteiger partial charge in [0.2, 0.25) is 10.0 Å². The van der Waals surface area contributed by atoms with Gasteiger partial charge in [-0.05, 0) is 41.2 Å². The zero-order valence-electron chi connectivity index (χ0n) is 11.0. The van der Waals surface area contributed by atoms with Gasteiger partial charge in [-0.2, -0.15) is 4.31 Å². The second-order valence-electron chi connectivity index (χ2n) is 5.02. The minimum atomic E-state index is -3.96. The molecule has 0 atom stereocenters. The fourth-order valence-electron chi connectivity index (χ4n) is 2.12. The maximum Gasteiger partial charge on any atom is 0.318 e. The summed E-state index contributed by atoms with van der Waals surface area (Å²) in [5, 5.41) is 16.2. The number of carbonyl (C=O) groups is 1. The molecule has 1 aliphatic rings. The van der Waals surface area contributed by atoms with Crippen LogP contribution in [0.5, 0.6) is 0 Å². The second-order valence-corrected chi connectivity index (χ2v) is 6.93. The predicted octanol–water partition coefficient (Wildman–Crippen LogP) is 0.708. The molecule has 0 unspecified atom stereocenters. The van der Waals surface area contributed by atoms with Crippen LogP contribution in [-0.4, -0.2) is 47.2 Å². The molecule has 0 amide bonds. The van der Waals surface area contributed by atoms with Gasteiger partial charge in [-0.1, -0.05) is 6.07 Å². The van der Waals surface area contributed by atoms with Gasteiger partial charge in [0.05, 0.1) is 0 Å². The highest BCUT2D eigenvalue weighted by Crippen LogP contribution is 2.32. The third-order valence-corrected chi connectivity index (χ3v) is 5.18. The fourth-order valence-corrected chi connectivity index (χ4v) is 3.72. The standard InChI is InChI=1S/C12H13N3O5S/c16-11(17)7-15(6-8-4-5-8)21(18,19)10-3-1-2-9-12(10)14-20-13-9/h1-3,8H,4-7H2,(H,16,17). The van der Waals surface area contributed by atoms with Crippen LogP contribution in [0.15, 0.2) is 27.7 Å². The Labute approximate surface area is 120 Å². The molecule has 0 saturated heterocycles. The van der Waals surface area contributed by atoms with Crippen LogP contribution in [0.1, 0.15) is 12.8 Å². The highest BCUT2D eigenvalue weighted by molar-refractivity contribution is 7.89. The number of carboxylic acid groups (broad SMARTS) is 1. The molecular weight excluding hydrogens is 298 g/mol. The average Bonchev–Trinajstić information content (AvgIpc) is 3.11. The summed E-state index contributed by atoms with van der Waals surface area (Å²) in [5.41, 5.74) is 0.432. The number of nitrogens with zero attached hydrogens (tertiary/aromatic N) is 3. The summed E-state index contributed by atoms with van der Waals surface area (Å²) >= 11 is 0. The molecule has 0 spiro atoms. The Kier molecular flexibility index (Phi) is 3.38. The van der Waals surface area contributed by atoms with Crippen molar-refractivity contribution in [3.05, 3.63) is 18.2 Å². The summed E-state index contributed by atoms with van der Waals surface area (Å²) in [4.78, 5) is 10.9. The fraction of sp³-hybridized carbons (Fsp3) is 0.417. The molecule has 1 saturated carbocycles. The van der Waals surface area contributed by atoms with Gasteiger partial charge in [0, 0.05) is 6.54 Å². The molecule has 112 valence electrons. The summed E-state index contributed by atoms with van der Waals surface area (Å²) in [5.74, 6) is -0.960. The van der Waals surface area contributed by atoms with Gasteiger partial charge in [0.1, 0.15) is 17.0 Å². The summed E-state index contributed by atoms with van der Waals surface area (Å²) in [6.07, 6.45) is 1.84. The predicted molar refractivity (Wildman–Crippen MR) is 70.9 cm³/mol. The SMILES string of the molecule is O=C(O)CN(CC1CC1)S(=O)(=O)c1cccc2nonc12. The van der Waals surface area contributed by atoms with Crippen LogP contribution >= 0.6 is 0 Å². The first-order valence-corrected chi connectivity index (χ1v) is 7.85. The number of aromatic nitrogens is 2. The molecule has 0 bridgehead atoms. The van der Waals surface area contributed by atoms with Crippen molar-refractivity contribution >= 4 is 27.0 Å². The van der Waals surface area contributed by atoms with Crippen molar-refractivity contribution in [2.45, 2.75) is 17.7 Å². The smallest absolute Gasteiger partial charge is 0.318 e. The molecule has 21 heavy (non-hydrogen) atoms. The van der Waals surface area contributed by atoms with Gasteiger partial charge in [-0.25, -0.2) is 13.0 Å². The van der Waals surface area contributed by atoms with Gasteiger partial charge >= 0.3 is 5.97 Å². The summed E-state index contributed by atoms with van der Waals surface area (Å²) in [7, 11) is -3.96. The zero-order valence-corrected chi connectivity index (χ0v) is 11.8. The van der Waals surface area contributed by atoms with E-state index in [1.165, 1.54) is 12.1 Å². The van der Waals surface area contributed by atoms with Crippen molar-refractivity contribution < 1.29 is 22.9 Å². The summed E-state index contributed by atoms with van der Waals surface area (Å²) in [6, 6.07) is 4.48. The van der Waals surface area contributed by atoms with E-state index < -0.39 is 22.5 Å². The van der Waals surface area contributed by atoms with Gasteiger partial charge in [0.25, 0.3) is 0 Å². The third kappa shape index (κ3) is 2.74. The van der Waals surface area contributed by atoms with E-state index in [2.05, 4.69) is 14.9 Å². The Bertz CT molecular complexity index is 781. The molecule has 3 rings (SSSR count). The van der Waals surface area contributed by atoms with Crippen molar-refractivity contribution in [3.63, 3.8) is 0 Å². The zero-order chi connectivity index (χ0) is 15.0. The molecule has 2 aromatic rings. The first-order chi connectivity index (χ1) is 9.98. The molecule has 8 nitrogen and oxygen atoms in total. The monoisotopic (exact) mass is 311 g/mol. The minimum Gasteiger partial charge on any atom is -0.480 e. The van der Waals surface area contributed by atoms with E-state index in [-0.39, 0.29) is 22.9 Å². The Hall–Kier alpha value is -2.00. The molecule has 0 radical (unpaired) electrons. The Morgan fingerprint density at radius 2 is 2.14 bits per heavy atom. The molecule has 1 fully saturated rings. The lowest BCUT2D eigenvalue weighted by molar-refractivity contribution is -0.137. The van der Waals surface area contributed by atoms with Crippen molar-refractivity contribution in [2.24, 2.45) is 5.92 Å². The number of hydrogen-bond donors (Lipinski definition) is 1. The Morgan fingerprint density at radius 1 is 1.38 bits per heavy atom. The van der Waals surface area contributed by atoms with Crippen LogP contribution in [0.3, 0.4) is 0 Å². The number of sulfonamides is 1.